The molecular formula is C18H20ClN3O6. The van der Waals surface area contributed by atoms with Gasteiger partial charge in [-0.05, 0) is 18.9 Å². The fourth-order valence-electron chi connectivity index (χ4n) is 2.43. The molecule has 150 valence electrons. The number of carbonyl (C=O) groups excluding carboxylic acids is 1. The number of ether oxygens (including phenoxy) is 1. The molecule has 2 rings (SSSR count). The van der Waals surface area contributed by atoms with E-state index in [0.717, 1.165) is 11.6 Å². The Kier molecular flexibility index (Phi) is 7.68. The number of nitro groups is 1. The second-order valence-electron chi connectivity index (χ2n) is 6.02. The molecule has 1 amide bonds. The van der Waals surface area contributed by atoms with Gasteiger partial charge in [0, 0.05) is 18.2 Å². The summed E-state index contributed by atoms with van der Waals surface area (Å²) in [6.45, 7) is 1.54. The Morgan fingerprint density at radius 1 is 1.36 bits per heavy atom. The Balaban J connectivity index is 1.85. The van der Waals surface area contributed by atoms with Crippen LogP contribution in [0.1, 0.15) is 29.3 Å². The van der Waals surface area contributed by atoms with Crippen LogP contribution in [0.4, 0.5) is 10.5 Å². The van der Waals surface area contributed by atoms with E-state index in [1.54, 1.807) is 0 Å². The average molecular weight is 410 g/mol. The third-order valence-corrected chi connectivity index (χ3v) is 4.27. The number of amides is 1. The van der Waals surface area contributed by atoms with Gasteiger partial charge in [-0.3, -0.25) is 10.1 Å². The van der Waals surface area contributed by atoms with Gasteiger partial charge in [0.05, 0.1) is 11.0 Å². The summed E-state index contributed by atoms with van der Waals surface area (Å²) in [4.78, 5) is 25.8. The van der Waals surface area contributed by atoms with E-state index in [-0.39, 0.29) is 41.7 Å². The predicted octanol–water partition coefficient (Wildman–Crippen LogP) is 2.66. The van der Waals surface area contributed by atoms with Crippen molar-refractivity contribution in [3.63, 3.8) is 0 Å². The first-order chi connectivity index (χ1) is 13.3. The molecule has 1 heterocycles. The molecule has 10 heteroatoms. The molecule has 0 bridgehead atoms. The van der Waals surface area contributed by atoms with Gasteiger partial charge in [-0.15, -0.1) is 0 Å². The van der Waals surface area contributed by atoms with Crippen LogP contribution in [0.15, 0.2) is 36.4 Å². The van der Waals surface area contributed by atoms with E-state index in [1.165, 1.54) is 6.92 Å². The lowest BCUT2D eigenvalue weighted by atomic mass is 10.0. The number of rotatable bonds is 8. The number of aliphatic hydroxyl groups excluding tert-OH is 2. The summed E-state index contributed by atoms with van der Waals surface area (Å²) >= 11 is 5.93. The number of aliphatic hydroxyl groups is 2. The van der Waals surface area contributed by atoms with Crippen molar-refractivity contribution in [2.75, 3.05) is 6.54 Å². The Labute approximate surface area is 166 Å². The smallest absolute Gasteiger partial charge is 0.407 e. The quantitative estimate of drug-likeness (QED) is 0.346. The van der Waals surface area contributed by atoms with E-state index >= 15 is 0 Å². The molecule has 0 spiro atoms. The van der Waals surface area contributed by atoms with Crippen LogP contribution in [0.5, 0.6) is 0 Å². The molecule has 0 aliphatic rings. The Hall–Kier alpha value is -2.75. The molecule has 0 saturated heterocycles. The molecule has 0 aliphatic heterocycles. The number of alkyl carbamates (subject to hydrolysis) is 1. The van der Waals surface area contributed by atoms with Crippen LogP contribution in [-0.2, 0) is 11.3 Å². The Morgan fingerprint density at radius 3 is 2.68 bits per heavy atom. The Bertz CT molecular complexity index is 834. The van der Waals surface area contributed by atoms with Crippen molar-refractivity contribution in [2.24, 2.45) is 0 Å². The molecule has 3 N–H and O–H groups in total. The number of benzene rings is 1. The zero-order valence-electron chi connectivity index (χ0n) is 15.0. The van der Waals surface area contributed by atoms with Gasteiger partial charge < -0.3 is 20.3 Å². The number of hydrogen-bond donors (Lipinski definition) is 3. The van der Waals surface area contributed by atoms with Crippen molar-refractivity contribution in [3.05, 3.63) is 68.5 Å². The maximum atomic E-state index is 11.7. The lowest BCUT2D eigenvalue weighted by molar-refractivity contribution is -0.385. The van der Waals surface area contributed by atoms with Crippen molar-refractivity contribution in [3.8, 4) is 0 Å². The highest BCUT2D eigenvalue weighted by Crippen LogP contribution is 2.30. The highest BCUT2D eigenvalue weighted by Gasteiger charge is 2.25. The first-order valence-electron chi connectivity index (χ1n) is 8.41. The van der Waals surface area contributed by atoms with Crippen LogP contribution in [0, 0.1) is 17.0 Å². The molecule has 0 fully saturated rings. The molecule has 2 aromatic rings. The first kappa shape index (κ1) is 21.5. The molecule has 2 unspecified atom stereocenters. The highest BCUT2D eigenvalue weighted by molar-refractivity contribution is 6.30. The monoisotopic (exact) mass is 409 g/mol. The predicted molar refractivity (Wildman–Crippen MR) is 101 cm³/mol. The second kappa shape index (κ2) is 9.98. The number of aromatic nitrogens is 1. The molecule has 0 radical (unpaired) electrons. The van der Waals surface area contributed by atoms with E-state index in [9.17, 15) is 25.1 Å². The molecule has 28 heavy (non-hydrogen) atoms. The van der Waals surface area contributed by atoms with Gasteiger partial charge in [0.2, 0.25) is 0 Å². The summed E-state index contributed by atoms with van der Waals surface area (Å²) in [6.07, 6.45) is -3.52. The van der Waals surface area contributed by atoms with Gasteiger partial charge in [0.1, 0.15) is 23.6 Å². The molecule has 0 saturated carbocycles. The number of nitrogens with zero attached hydrogens (tertiary/aromatic N) is 2. The normalized spacial score (nSPS) is 12.9. The van der Waals surface area contributed by atoms with E-state index < -0.39 is 23.2 Å². The summed E-state index contributed by atoms with van der Waals surface area (Å²) in [5.41, 5.74) is 0.561. The minimum atomic E-state index is -1.50. The van der Waals surface area contributed by atoms with Gasteiger partial charge in [0.25, 0.3) is 5.69 Å². The van der Waals surface area contributed by atoms with Crippen molar-refractivity contribution < 1.29 is 24.7 Å². The van der Waals surface area contributed by atoms with Crippen molar-refractivity contribution in [1.29, 1.82) is 0 Å². The zero-order valence-corrected chi connectivity index (χ0v) is 15.8. The molecule has 9 nitrogen and oxygen atoms in total. The fraction of sp³-hybridized carbons (Fsp3) is 0.333. The first-order valence-corrected chi connectivity index (χ1v) is 8.79. The summed E-state index contributed by atoms with van der Waals surface area (Å²) < 4.78 is 5.03. The van der Waals surface area contributed by atoms with Crippen molar-refractivity contribution >= 4 is 23.4 Å². The number of pyridine rings is 1. The molecule has 1 aromatic carbocycles. The number of halogens is 1. The fourth-order valence-corrected chi connectivity index (χ4v) is 2.73. The molecule has 1 aromatic heterocycles. The minimum Gasteiger partial charge on any atom is -0.445 e. The van der Waals surface area contributed by atoms with E-state index in [2.05, 4.69) is 10.3 Å². The lowest BCUT2D eigenvalue weighted by Crippen LogP contribution is -2.30. The number of carbonyl (C=O) groups is 1. The van der Waals surface area contributed by atoms with Crippen LogP contribution in [0.2, 0.25) is 5.15 Å². The highest BCUT2D eigenvalue weighted by atomic mass is 35.5. The van der Waals surface area contributed by atoms with Crippen molar-refractivity contribution in [2.45, 2.75) is 32.2 Å². The van der Waals surface area contributed by atoms with E-state index in [4.69, 9.17) is 16.3 Å². The van der Waals surface area contributed by atoms with Gasteiger partial charge in [0.15, 0.2) is 0 Å². The SMILES string of the molecule is Cc1nc(Cl)c(C(O)C(O)CCNC(=O)OCc2ccccc2)cc1[N+](=O)[O-]. The largest absolute Gasteiger partial charge is 0.445 e. The number of aryl methyl sites for hydroxylation is 1. The topological polar surface area (TPSA) is 135 Å². The van der Waals surface area contributed by atoms with Gasteiger partial charge in [-0.2, -0.15) is 0 Å². The minimum absolute atomic E-state index is 0.0187. The van der Waals surface area contributed by atoms with E-state index in [0.29, 0.717) is 0 Å². The molecular weight excluding hydrogens is 390 g/mol. The van der Waals surface area contributed by atoms with E-state index in [1.807, 2.05) is 30.3 Å². The summed E-state index contributed by atoms with van der Waals surface area (Å²) in [5, 5.41) is 33.7. The van der Waals surface area contributed by atoms with Crippen LogP contribution >= 0.6 is 11.6 Å². The average Bonchev–Trinajstić information content (AvgIpc) is 2.66. The van der Waals surface area contributed by atoms with Gasteiger partial charge in [-0.25, -0.2) is 9.78 Å². The van der Waals surface area contributed by atoms with Crippen LogP contribution in [0.3, 0.4) is 0 Å². The maximum Gasteiger partial charge on any atom is 0.407 e. The summed E-state index contributed by atoms with van der Waals surface area (Å²) in [7, 11) is 0. The summed E-state index contributed by atoms with van der Waals surface area (Å²) in [6, 6.07) is 10.2. The second-order valence-corrected chi connectivity index (χ2v) is 6.38. The lowest BCUT2D eigenvalue weighted by Gasteiger charge is -2.19. The van der Waals surface area contributed by atoms with Crippen molar-refractivity contribution in [1.82, 2.24) is 10.3 Å². The molecule has 2 atom stereocenters. The van der Waals surface area contributed by atoms with Crippen LogP contribution in [-0.4, -0.2) is 38.9 Å². The van der Waals surface area contributed by atoms with Gasteiger partial charge in [-0.1, -0.05) is 41.9 Å². The zero-order chi connectivity index (χ0) is 20.7. The maximum absolute atomic E-state index is 11.7. The van der Waals surface area contributed by atoms with Gasteiger partial charge >= 0.3 is 6.09 Å². The standard InChI is InChI=1S/C18H20ClN3O6/c1-11-14(22(26)27)9-13(17(19)21-11)16(24)15(23)7-8-20-18(25)28-10-12-5-3-2-4-6-12/h2-6,9,15-16,23-24H,7-8,10H2,1H3,(H,20,25). The number of nitrogens with one attached hydrogen (secondary N) is 1. The third-order valence-electron chi connectivity index (χ3n) is 3.97. The van der Waals surface area contributed by atoms with Crippen LogP contribution in [0.25, 0.3) is 0 Å². The summed E-state index contributed by atoms with van der Waals surface area (Å²) in [5.74, 6) is 0. The number of hydrogen-bond acceptors (Lipinski definition) is 7. The molecule has 0 aliphatic carbocycles. The third kappa shape index (κ3) is 5.88. The van der Waals surface area contributed by atoms with Crippen LogP contribution < -0.4 is 5.32 Å². The Morgan fingerprint density at radius 2 is 2.04 bits per heavy atom.